The van der Waals surface area contributed by atoms with Gasteiger partial charge in [0.1, 0.15) is 17.6 Å². The summed E-state index contributed by atoms with van der Waals surface area (Å²) in [5.74, 6) is -1.60. The fourth-order valence-electron chi connectivity index (χ4n) is 3.34. The number of nitrogens with one attached hydrogen (secondary N) is 1. The number of phenolic OH excluding ortho intramolecular Hbond substituents is 1. The van der Waals surface area contributed by atoms with Crippen LogP contribution in [0.4, 0.5) is 4.39 Å². The maximum atomic E-state index is 14.0. The molecule has 2 atom stereocenters. The summed E-state index contributed by atoms with van der Waals surface area (Å²) >= 11 is 3.16. The van der Waals surface area contributed by atoms with Gasteiger partial charge in [-0.1, -0.05) is 34.1 Å². The van der Waals surface area contributed by atoms with Crippen molar-refractivity contribution in [2.75, 3.05) is 0 Å². The first-order chi connectivity index (χ1) is 13.3. The van der Waals surface area contributed by atoms with E-state index < -0.39 is 17.8 Å². The van der Waals surface area contributed by atoms with Crippen molar-refractivity contribution >= 4 is 27.8 Å². The molecule has 3 N–H and O–H groups in total. The van der Waals surface area contributed by atoms with E-state index in [4.69, 9.17) is 0 Å². The van der Waals surface area contributed by atoms with Gasteiger partial charge >= 0.3 is 5.97 Å². The molecule has 1 aliphatic carbocycles. The number of amides is 1. The molecular weight excluding hydrogens is 429 g/mol. The van der Waals surface area contributed by atoms with Crippen LogP contribution in [0.3, 0.4) is 0 Å². The van der Waals surface area contributed by atoms with E-state index in [0.717, 1.165) is 18.4 Å². The van der Waals surface area contributed by atoms with Gasteiger partial charge in [-0.05, 0) is 60.1 Å². The van der Waals surface area contributed by atoms with Crippen LogP contribution in [-0.4, -0.2) is 28.1 Å². The molecule has 148 valence electrons. The minimum atomic E-state index is -1.21. The number of carboxylic acid groups (broad SMARTS) is 1. The molecule has 1 unspecified atom stereocenters. The summed E-state index contributed by atoms with van der Waals surface area (Å²) in [6, 6.07) is 9.94. The van der Waals surface area contributed by atoms with Gasteiger partial charge in [-0.2, -0.15) is 0 Å². The minimum absolute atomic E-state index is 0.0283. The van der Waals surface area contributed by atoms with Crippen molar-refractivity contribution in [2.24, 2.45) is 5.92 Å². The zero-order chi connectivity index (χ0) is 20.3. The van der Waals surface area contributed by atoms with Crippen LogP contribution in [0.2, 0.25) is 0 Å². The van der Waals surface area contributed by atoms with Gasteiger partial charge in [-0.15, -0.1) is 0 Å². The van der Waals surface area contributed by atoms with Gasteiger partial charge in [-0.3, -0.25) is 4.79 Å². The smallest absolute Gasteiger partial charge is 0.326 e. The second-order valence-electron chi connectivity index (χ2n) is 7.14. The number of rotatable bonds is 8. The lowest BCUT2D eigenvalue weighted by Crippen LogP contribution is -2.43. The molecular formula is C21H21BrFNO4. The molecule has 2 aromatic carbocycles. The number of carbonyl (C=O) groups is 2. The number of carboxylic acids is 1. The summed E-state index contributed by atoms with van der Waals surface area (Å²) in [5.41, 5.74) is 1.18. The Labute approximate surface area is 170 Å². The van der Waals surface area contributed by atoms with E-state index in [2.05, 4.69) is 21.2 Å². The van der Waals surface area contributed by atoms with E-state index in [1.165, 1.54) is 12.1 Å². The van der Waals surface area contributed by atoms with E-state index in [0.29, 0.717) is 10.4 Å². The number of hydrogen-bond acceptors (Lipinski definition) is 3. The summed E-state index contributed by atoms with van der Waals surface area (Å²) in [7, 11) is 0. The third-order valence-corrected chi connectivity index (χ3v) is 5.48. The van der Waals surface area contributed by atoms with Gasteiger partial charge in [0.15, 0.2) is 0 Å². The molecule has 0 bridgehead atoms. The molecule has 0 saturated heterocycles. The lowest BCUT2D eigenvalue weighted by molar-refractivity contribution is -0.141. The second-order valence-corrected chi connectivity index (χ2v) is 8.05. The predicted octanol–water partition coefficient (Wildman–Crippen LogP) is 3.99. The van der Waals surface area contributed by atoms with E-state index in [1.807, 2.05) is 0 Å². The van der Waals surface area contributed by atoms with E-state index >= 15 is 0 Å². The maximum absolute atomic E-state index is 14.0. The number of aromatic hydroxyl groups is 1. The molecule has 1 saturated carbocycles. The third kappa shape index (κ3) is 5.32. The summed E-state index contributed by atoms with van der Waals surface area (Å²) in [6.07, 6.45) is 2.06. The molecule has 1 amide bonds. The largest absolute Gasteiger partial charge is 0.508 e. The number of hydrogen-bond donors (Lipinski definition) is 3. The summed E-state index contributed by atoms with van der Waals surface area (Å²) in [5, 5.41) is 21.4. The Morgan fingerprint density at radius 2 is 1.86 bits per heavy atom. The molecule has 7 heteroatoms. The molecule has 0 aliphatic heterocycles. The van der Waals surface area contributed by atoms with Crippen molar-refractivity contribution in [3.8, 4) is 5.75 Å². The molecule has 0 radical (unpaired) electrons. The maximum Gasteiger partial charge on any atom is 0.326 e. The van der Waals surface area contributed by atoms with Crippen LogP contribution < -0.4 is 5.32 Å². The number of phenols is 1. The Morgan fingerprint density at radius 1 is 1.18 bits per heavy atom. The molecule has 5 nitrogen and oxygen atoms in total. The van der Waals surface area contributed by atoms with Gasteiger partial charge in [0.05, 0.1) is 0 Å². The van der Waals surface area contributed by atoms with Gasteiger partial charge in [0, 0.05) is 17.3 Å². The Hall–Kier alpha value is -2.41. The van der Waals surface area contributed by atoms with Crippen molar-refractivity contribution < 1.29 is 24.2 Å². The Kier molecular flexibility index (Phi) is 6.34. The second kappa shape index (κ2) is 8.73. The normalized spacial score (nSPS) is 15.6. The van der Waals surface area contributed by atoms with Crippen LogP contribution in [0.1, 0.15) is 36.3 Å². The van der Waals surface area contributed by atoms with Crippen LogP contribution in [0, 0.1) is 11.7 Å². The van der Waals surface area contributed by atoms with Gasteiger partial charge in [-0.25, -0.2) is 9.18 Å². The SMILES string of the molecule is O=C(CC(c1ccc(O)cc1)C1CC1)N[C@H](Cc1ccc(Br)cc1F)C(=O)O. The molecule has 28 heavy (non-hydrogen) atoms. The van der Waals surface area contributed by atoms with Crippen LogP contribution >= 0.6 is 15.9 Å². The first kappa shape index (κ1) is 20.3. The molecule has 0 spiro atoms. The number of halogens is 2. The fraction of sp³-hybridized carbons (Fsp3) is 0.333. The zero-order valence-corrected chi connectivity index (χ0v) is 16.7. The quantitative estimate of drug-likeness (QED) is 0.568. The van der Waals surface area contributed by atoms with Gasteiger partial charge < -0.3 is 15.5 Å². The van der Waals surface area contributed by atoms with E-state index in [-0.39, 0.29) is 36.0 Å². The van der Waals surface area contributed by atoms with Crippen LogP contribution in [-0.2, 0) is 16.0 Å². The Bertz CT molecular complexity index is 867. The average Bonchev–Trinajstić information content (AvgIpc) is 3.47. The fourth-order valence-corrected chi connectivity index (χ4v) is 3.67. The van der Waals surface area contributed by atoms with Gasteiger partial charge in [0.25, 0.3) is 0 Å². The molecule has 0 aromatic heterocycles. The number of aliphatic carboxylic acids is 1. The van der Waals surface area contributed by atoms with Crippen molar-refractivity contribution in [3.05, 3.63) is 63.9 Å². The molecule has 1 aliphatic rings. The van der Waals surface area contributed by atoms with Crippen LogP contribution in [0.5, 0.6) is 5.75 Å². The summed E-state index contributed by atoms with van der Waals surface area (Å²) in [6.45, 7) is 0. The lowest BCUT2D eigenvalue weighted by Gasteiger charge is -2.19. The first-order valence-corrected chi connectivity index (χ1v) is 9.88. The highest BCUT2D eigenvalue weighted by Gasteiger charge is 2.34. The molecule has 1 fully saturated rings. The van der Waals surface area contributed by atoms with E-state index in [1.54, 1.807) is 30.3 Å². The summed E-state index contributed by atoms with van der Waals surface area (Å²) in [4.78, 5) is 24.1. The highest BCUT2D eigenvalue weighted by molar-refractivity contribution is 9.10. The Morgan fingerprint density at radius 3 is 2.43 bits per heavy atom. The van der Waals surface area contributed by atoms with Crippen LogP contribution in [0.25, 0.3) is 0 Å². The standard InChI is InChI=1S/C21H21BrFNO4/c22-15-6-3-14(18(23)10-15)9-19(21(27)28)24-20(26)11-17(12-1-2-12)13-4-7-16(25)8-5-13/h3-8,10,12,17,19,25H,1-2,9,11H2,(H,24,26)(H,27,28)/t17?,19-/m1/s1. The topological polar surface area (TPSA) is 86.6 Å². The first-order valence-electron chi connectivity index (χ1n) is 9.08. The zero-order valence-electron chi connectivity index (χ0n) is 15.1. The van der Waals surface area contributed by atoms with Crippen molar-refractivity contribution in [1.29, 1.82) is 0 Å². The van der Waals surface area contributed by atoms with Gasteiger partial charge in [0.2, 0.25) is 5.91 Å². The average molecular weight is 450 g/mol. The lowest BCUT2D eigenvalue weighted by atomic mass is 9.90. The minimum Gasteiger partial charge on any atom is -0.508 e. The number of carbonyl (C=O) groups excluding carboxylic acids is 1. The summed E-state index contributed by atoms with van der Waals surface area (Å²) < 4.78 is 14.6. The van der Waals surface area contributed by atoms with Crippen molar-refractivity contribution in [1.82, 2.24) is 5.32 Å². The highest BCUT2D eigenvalue weighted by atomic mass is 79.9. The van der Waals surface area contributed by atoms with Crippen molar-refractivity contribution in [2.45, 2.75) is 37.6 Å². The molecule has 3 rings (SSSR count). The monoisotopic (exact) mass is 449 g/mol. The molecule has 0 heterocycles. The third-order valence-electron chi connectivity index (χ3n) is 4.99. The highest BCUT2D eigenvalue weighted by Crippen LogP contribution is 2.44. The van der Waals surface area contributed by atoms with Crippen molar-refractivity contribution in [3.63, 3.8) is 0 Å². The number of benzene rings is 2. The Balaban J connectivity index is 1.67. The van der Waals surface area contributed by atoms with Crippen LogP contribution in [0.15, 0.2) is 46.9 Å². The predicted molar refractivity (Wildman–Crippen MR) is 106 cm³/mol. The molecule has 2 aromatic rings. The van der Waals surface area contributed by atoms with E-state index in [9.17, 15) is 24.2 Å².